The summed E-state index contributed by atoms with van der Waals surface area (Å²) in [5.74, 6) is 0.576. The van der Waals surface area contributed by atoms with E-state index in [4.69, 9.17) is 0 Å². The van der Waals surface area contributed by atoms with Gasteiger partial charge in [-0.1, -0.05) is 31.2 Å². The first-order valence-corrected chi connectivity index (χ1v) is 10.6. The summed E-state index contributed by atoms with van der Waals surface area (Å²) in [4.78, 5) is 21.3. The summed E-state index contributed by atoms with van der Waals surface area (Å²) >= 11 is 0. The van der Waals surface area contributed by atoms with Gasteiger partial charge in [0.05, 0.1) is 6.54 Å². The van der Waals surface area contributed by atoms with E-state index in [-0.39, 0.29) is 42.0 Å². The molecule has 1 saturated heterocycles. The molecule has 30 heavy (non-hydrogen) atoms. The van der Waals surface area contributed by atoms with Crippen LogP contribution in [0.25, 0.3) is 0 Å². The van der Waals surface area contributed by atoms with E-state index in [9.17, 15) is 4.79 Å². The Hall–Kier alpha value is -1.39. The van der Waals surface area contributed by atoms with Gasteiger partial charge in [0.25, 0.3) is 0 Å². The van der Waals surface area contributed by atoms with Crippen molar-refractivity contribution in [1.29, 1.82) is 0 Å². The van der Waals surface area contributed by atoms with Crippen molar-refractivity contribution in [1.82, 2.24) is 25.8 Å². The minimum Gasteiger partial charge on any atom is -0.352 e. The Balaban J connectivity index is 0.00000450. The van der Waals surface area contributed by atoms with Gasteiger partial charge in [-0.3, -0.25) is 14.7 Å². The van der Waals surface area contributed by atoms with Crippen molar-refractivity contribution >= 4 is 35.8 Å². The average Bonchev–Trinajstić information content (AvgIpc) is 2.68. The third kappa shape index (κ3) is 9.61. The lowest BCUT2D eigenvalue weighted by molar-refractivity contribution is -0.121. The van der Waals surface area contributed by atoms with E-state index in [0.717, 1.165) is 39.3 Å². The van der Waals surface area contributed by atoms with Crippen LogP contribution in [0.15, 0.2) is 29.3 Å². The van der Waals surface area contributed by atoms with Gasteiger partial charge >= 0.3 is 0 Å². The number of hydrogen-bond acceptors (Lipinski definition) is 4. The van der Waals surface area contributed by atoms with Crippen LogP contribution in [0.1, 0.15) is 38.8 Å². The molecule has 170 valence electrons. The highest BCUT2D eigenvalue weighted by Crippen LogP contribution is 2.13. The molecule has 1 aliphatic rings. The molecule has 0 aliphatic carbocycles. The van der Waals surface area contributed by atoms with E-state index in [1.165, 1.54) is 11.1 Å². The van der Waals surface area contributed by atoms with E-state index in [1.807, 2.05) is 20.8 Å². The number of halogens is 1. The average molecular weight is 530 g/mol. The van der Waals surface area contributed by atoms with E-state index < -0.39 is 0 Å². The summed E-state index contributed by atoms with van der Waals surface area (Å²) < 4.78 is 0. The molecule has 0 aromatic heterocycles. The molecule has 1 fully saturated rings. The smallest absolute Gasteiger partial charge is 0.239 e. The topological polar surface area (TPSA) is 72.0 Å². The van der Waals surface area contributed by atoms with E-state index in [2.05, 4.69) is 61.9 Å². The molecule has 1 aliphatic heterocycles. The zero-order chi connectivity index (χ0) is 21.3. The van der Waals surface area contributed by atoms with Crippen LogP contribution >= 0.6 is 24.0 Å². The summed E-state index contributed by atoms with van der Waals surface area (Å²) in [6, 6.07) is 8.54. The molecule has 1 amide bonds. The number of rotatable bonds is 7. The molecule has 0 spiro atoms. The highest BCUT2D eigenvalue weighted by Gasteiger charge is 2.17. The number of benzene rings is 1. The second kappa shape index (κ2) is 13.1. The number of carbonyl (C=O) groups excluding carboxylic acids is 1. The van der Waals surface area contributed by atoms with Gasteiger partial charge in [0.15, 0.2) is 5.96 Å². The van der Waals surface area contributed by atoms with Gasteiger partial charge in [-0.2, -0.15) is 0 Å². The number of aliphatic imine (C=N–C) groups is 1. The Morgan fingerprint density at radius 2 is 1.63 bits per heavy atom. The lowest BCUT2D eigenvalue weighted by Crippen LogP contribution is -2.48. The molecule has 0 saturated carbocycles. The number of likely N-dealkylation sites (N-methyl/N-ethyl adjacent to an activating group) is 1. The van der Waals surface area contributed by atoms with Gasteiger partial charge in [-0.15, -0.1) is 24.0 Å². The van der Waals surface area contributed by atoms with Crippen molar-refractivity contribution in [2.45, 2.75) is 46.3 Å². The quantitative estimate of drug-likeness (QED) is 0.286. The minimum absolute atomic E-state index is 0. The molecular weight excluding hydrogens is 491 g/mol. The predicted molar refractivity (Wildman–Crippen MR) is 135 cm³/mol. The fraction of sp³-hybridized carbons (Fsp3) is 0.636. The van der Waals surface area contributed by atoms with Crippen LogP contribution in [0.2, 0.25) is 0 Å². The number of hydrogen-bond donors (Lipinski definition) is 3. The lowest BCUT2D eigenvalue weighted by atomic mass is 10.1. The van der Waals surface area contributed by atoms with E-state index in [0.29, 0.717) is 12.5 Å². The van der Waals surface area contributed by atoms with Crippen molar-refractivity contribution in [2.24, 2.45) is 4.99 Å². The second-order valence-corrected chi connectivity index (χ2v) is 8.56. The molecule has 3 N–H and O–H groups in total. The maximum absolute atomic E-state index is 12.0. The zero-order valence-electron chi connectivity index (χ0n) is 19.1. The molecule has 1 aromatic rings. The van der Waals surface area contributed by atoms with Crippen LogP contribution in [0, 0.1) is 0 Å². The summed E-state index contributed by atoms with van der Waals surface area (Å²) in [5.41, 5.74) is 2.36. The zero-order valence-corrected chi connectivity index (χ0v) is 21.5. The van der Waals surface area contributed by atoms with Crippen molar-refractivity contribution < 1.29 is 4.79 Å². The van der Waals surface area contributed by atoms with Crippen molar-refractivity contribution in [3.8, 4) is 0 Å². The molecule has 7 nitrogen and oxygen atoms in total. The highest BCUT2D eigenvalue weighted by atomic mass is 127. The Morgan fingerprint density at radius 1 is 1.03 bits per heavy atom. The van der Waals surface area contributed by atoms with Crippen LogP contribution in [0.5, 0.6) is 0 Å². The number of amides is 1. The molecule has 8 heteroatoms. The van der Waals surface area contributed by atoms with Gasteiger partial charge in [0.1, 0.15) is 0 Å². The highest BCUT2D eigenvalue weighted by molar-refractivity contribution is 14.0. The van der Waals surface area contributed by atoms with Gasteiger partial charge in [0, 0.05) is 51.9 Å². The first-order chi connectivity index (χ1) is 13.8. The number of nitrogens with zero attached hydrogens (tertiary/aromatic N) is 3. The Labute approximate surface area is 199 Å². The molecule has 1 aromatic carbocycles. The summed E-state index contributed by atoms with van der Waals surface area (Å²) in [6.07, 6.45) is 0. The molecule has 0 bridgehead atoms. The van der Waals surface area contributed by atoms with Crippen molar-refractivity contribution in [3.63, 3.8) is 0 Å². The lowest BCUT2D eigenvalue weighted by Gasteiger charge is -2.34. The van der Waals surface area contributed by atoms with Crippen LogP contribution in [0.3, 0.4) is 0 Å². The summed E-state index contributed by atoms with van der Waals surface area (Å²) in [6.45, 7) is 15.6. The monoisotopic (exact) mass is 530 g/mol. The van der Waals surface area contributed by atoms with Gasteiger partial charge in [-0.05, 0) is 38.4 Å². The minimum atomic E-state index is -0.239. The SMILES string of the molecule is CCN1CCN(Cc2ccccc2CNC(=NC)NCC(=O)NC(C)(C)C)CC1.I. The molecule has 0 radical (unpaired) electrons. The van der Waals surface area contributed by atoms with Crippen molar-refractivity contribution in [3.05, 3.63) is 35.4 Å². The number of carbonyl (C=O) groups is 1. The van der Waals surface area contributed by atoms with Crippen LogP contribution < -0.4 is 16.0 Å². The Bertz CT molecular complexity index is 680. The maximum atomic E-state index is 12.0. The normalized spacial score (nSPS) is 16.0. The number of piperazine rings is 1. The van der Waals surface area contributed by atoms with E-state index in [1.54, 1.807) is 7.05 Å². The van der Waals surface area contributed by atoms with Crippen molar-refractivity contribution in [2.75, 3.05) is 46.3 Å². The summed E-state index contributed by atoms with van der Waals surface area (Å²) in [7, 11) is 1.72. The summed E-state index contributed by atoms with van der Waals surface area (Å²) in [5, 5.41) is 9.36. The van der Waals surface area contributed by atoms with E-state index >= 15 is 0 Å². The van der Waals surface area contributed by atoms with Crippen LogP contribution in [0.4, 0.5) is 0 Å². The van der Waals surface area contributed by atoms with Gasteiger partial charge in [0.2, 0.25) is 5.91 Å². The fourth-order valence-corrected chi connectivity index (χ4v) is 3.41. The Kier molecular flexibility index (Phi) is 11.6. The van der Waals surface area contributed by atoms with Gasteiger partial charge < -0.3 is 20.9 Å². The van der Waals surface area contributed by atoms with Crippen LogP contribution in [-0.4, -0.2) is 73.5 Å². The maximum Gasteiger partial charge on any atom is 0.239 e. The fourth-order valence-electron chi connectivity index (χ4n) is 3.41. The third-order valence-corrected chi connectivity index (χ3v) is 5.03. The largest absolute Gasteiger partial charge is 0.352 e. The Morgan fingerprint density at radius 3 is 2.20 bits per heavy atom. The standard InChI is InChI=1S/C22H38N6O.HI/c1-6-27-11-13-28(14-12-27)17-19-10-8-7-9-18(19)15-24-21(23-5)25-16-20(29)26-22(2,3)4;/h7-10H,6,11-17H2,1-5H3,(H,26,29)(H2,23,24,25);1H. The molecule has 2 rings (SSSR count). The van der Waals surface area contributed by atoms with Gasteiger partial charge in [-0.25, -0.2) is 0 Å². The third-order valence-electron chi connectivity index (χ3n) is 5.03. The predicted octanol–water partition coefficient (Wildman–Crippen LogP) is 2.02. The first-order valence-electron chi connectivity index (χ1n) is 10.6. The second-order valence-electron chi connectivity index (χ2n) is 8.56. The molecule has 0 unspecified atom stereocenters. The number of nitrogens with one attached hydrogen (secondary N) is 3. The molecule has 1 heterocycles. The molecule has 0 atom stereocenters. The first kappa shape index (κ1) is 26.6. The molecular formula is C22H39IN6O. The van der Waals surface area contributed by atoms with Crippen LogP contribution in [-0.2, 0) is 17.9 Å². The number of guanidine groups is 1.